The van der Waals surface area contributed by atoms with Gasteiger partial charge in [-0.25, -0.2) is 9.97 Å². The molecule has 0 saturated heterocycles. The van der Waals surface area contributed by atoms with Crippen molar-refractivity contribution < 1.29 is 9.21 Å². The Hall–Kier alpha value is -2.02. The summed E-state index contributed by atoms with van der Waals surface area (Å²) in [6, 6.07) is 10.7. The molecule has 1 aromatic carbocycles. The summed E-state index contributed by atoms with van der Waals surface area (Å²) in [6.07, 6.45) is 1.57. The number of carbonyl (C=O) groups is 1. The van der Waals surface area contributed by atoms with E-state index in [9.17, 15) is 4.79 Å². The molecule has 1 N–H and O–H groups in total. The van der Waals surface area contributed by atoms with Crippen molar-refractivity contribution in [2.75, 3.05) is 11.1 Å². The largest absolute Gasteiger partial charge is 0.441 e. The second kappa shape index (κ2) is 8.58. The first kappa shape index (κ1) is 18.8. The molecule has 0 spiro atoms. The molecule has 0 bridgehead atoms. The molecular weight excluding hydrogens is 393 g/mol. The third kappa shape index (κ3) is 4.78. The molecule has 0 aliphatic carbocycles. The van der Waals surface area contributed by atoms with Crippen LogP contribution < -0.4 is 5.32 Å². The fourth-order valence-electron chi connectivity index (χ4n) is 2.21. The smallest absolute Gasteiger partial charge is 0.234 e. The van der Waals surface area contributed by atoms with E-state index in [0.717, 1.165) is 17.0 Å². The van der Waals surface area contributed by atoms with Crippen molar-refractivity contribution in [3.63, 3.8) is 0 Å². The summed E-state index contributed by atoms with van der Waals surface area (Å²) in [7, 11) is 0. The number of carbonyl (C=O) groups excluding carboxylic acids is 1. The lowest BCUT2D eigenvalue weighted by molar-refractivity contribution is -0.113. The average molecular weight is 408 g/mol. The molecule has 0 unspecified atom stereocenters. The van der Waals surface area contributed by atoms with Crippen molar-refractivity contribution in [2.45, 2.75) is 12.7 Å². The van der Waals surface area contributed by atoms with Crippen molar-refractivity contribution in [2.24, 2.45) is 0 Å². The number of hydrogen-bond acceptors (Lipinski definition) is 5. The van der Waals surface area contributed by atoms with Crippen molar-refractivity contribution >= 4 is 46.6 Å². The van der Waals surface area contributed by atoms with Gasteiger partial charge in [0.1, 0.15) is 5.76 Å². The van der Waals surface area contributed by atoms with Gasteiger partial charge in [-0.05, 0) is 37.3 Å². The number of anilines is 1. The number of oxazole rings is 1. The summed E-state index contributed by atoms with van der Waals surface area (Å²) < 4.78 is 5.72. The quantitative estimate of drug-likeness (QED) is 0.566. The van der Waals surface area contributed by atoms with Gasteiger partial charge in [0.05, 0.1) is 17.1 Å². The first-order valence-electron chi connectivity index (χ1n) is 7.73. The Labute approximate surface area is 165 Å². The molecule has 1 amide bonds. The minimum absolute atomic E-state index is 0.152. The zero-order chi connectivity index (χ0) is 18.5. The molecule has 2 aromatic heterocycles. The number of amides is 1. The molecule has 3 rings (SSSR count). The van der Waals surface area contributed by atoms with Crippen molar-refractivity contribution in [3.05, 3.63) is 64.2 Å². The lowest BCUT2D eigenvalue weighted by Gasteiger charge is -2.05. The van der Waals surface area contributed by atoms with Crippen LogP contribution in [0.5, 0.6) is 0 Å². The molecule has 134 valence electrons. The maximum Gasteiger partial charge on any atom is 0.234 e. The van der Waals surface area contributed by atoms with Gasteiger partial charge < -0.3 is 9.73 Å². The zero-order valence-corrected chi connectivity index (χ0v) is 16.2. The monoisotopic (exact) mass is 407 g/mol. The van der Waals surface area contributed by atoms with Crippen LogP contribution in [0.25, 0.3) is 11.5 Å². The van der Waals surface area contributed by atoms with Crippen molar-refractivity contribution in [1.29, 1.82) is 0 Å². The number of nitrogens with one attached hydrogen (secondary N) is 1. The fraction of sp³-hybridized carbons (Fsp3) is 0.167. The number of benzene rings is 1. The molecule has 0 aliphatic rings. The van der Waals surface area contributed by atoms with E-state index in [0.29, 0.717) is 22.4 Å². The van der Waals surface area contributed by atoms with E-state index >= 15 is 0 Å². The number of pyridine rings is 1. The predicted molar refractivity (Wildman–Crippen MR) is 106 cm³/mol. The van der Waals surface area contributed by atoms with Gasteiger partial charge in [0, 0.05) is 22.5 Å². The van der Waals surface area contributed by atoms with Crippen LogP contribution in [0.15, 0.2) is 47.0 Å². The van der Waals surface area contributed by atoms with Gasteiger partial charge in [0.2, 0.25) is 11.8 Å². The molecule has 2 heterocycles. The molecule has 5 nitrogen and oxygen atoms in total. The molecule has 0 fully saturated rings. The molecular formula is C18H15Cl2N3O2S. The Morgan fingerprint density at radius 1 is 1.27 bits per heavy atom. The Morgan fingerprint density at radius 2 is 2.12 bits per heavy atom. The third-order valence-corrected chi connectivity index (χ3v) is 4.95. The molecule has 0 atom stereocenters. The Balaban J connectivity index is 1.57. The average Bonchev–Trinajstić information content (AvgIpc) is 2.98. The van der Waals surface area contributed by atoms with E-state index < -0.39 is 0 Å². The molecule has 3 aromatic rings. The van der Waals surface area contributed by atoms with Crippen LogP contribution in [0.2, 0.25) is 10.2 Å². The van der Waals surface area contributed by atoms with E-state index in [4.69, 9.17) is 27.6 Å². The first-order valence-corrected chi connectivity index (χ1v) is 9.64. The number of aromatic nitrogens is 2. The molecule has 0 saturated carbocycles. The Kier molecular flexibility index (Phi) is 6.19. The summed E-state index contributed by atoms with van der Waals surface area (Å²) >= 11 is 13.4. The lowest BCUT2D eigenvalue weighted by atomic mass is 10.2. The van der Waals surface area contributed by atoms with Crippen molar-refractivity contribution in [3.8, 4) is 11.5 Å². The Morgan fingerprint density at radius 3 is 2.88 bits per heavy atom. The maximum absolute atomic E-state index is 12.0. The summed E-state index contributed by atoms with van der Waals surface area (Å²) in [4.78, 5) is 20.5. The van der Waals surface area contributed by atoms with Gasteiger partial charge in [-0.15, -0.1) is 11.8 Å². The molecule has 0 radical (unpaired) electrons. The van der Waals surface area contributed by atoms with Crippen LogP contribution in [-0.2, 0) is 10.5 Å². The summed E-state index contributed by atoms with van der Waals surface area (Å²) in [6.45, 7) is 1.85. The van der Waals surface area contributed by atoms with Crippen LogP contribution in [0.4, 0.5) is 5.69 Å². The van der Waals surface area contributed by atoms with Crippen LogP contribution in [0, 0.1) is 6.92 Å². The van der Waals surface area contributed by atoms with Crippen LogP contribution in [-0.4, -0.2) is 21.6 Å². The lowest BCUT2D eigenvalue weighted by Crippen LogP contribution is -2.14. The van der Waals surface area contributed by atoms with Crippen LogP contribution in [0.3, 0.4) is 0 Å². The summed E-state index contributed by atoms with van der Waals surface area (Å²) in [5.41, 5.74) is 2.12. The van der Waals surface area contributed by atoms with Gasteiger partial charge in [0.15, 0.2) is 5.15 Å². The second-order valence-electron chi connectivity index (χ2n) is 5.41. The van der Waals surface area contributed by atoms with Gasteiger partial charge >= 0.3 is 0 Å². The molecule has 26 heavy (non-hydrogen) atoms. The second-order valence-corrected chi connectivity index (χ2v) is 7.20. The number of hydrogen-bond donors (Lipinski definition) is 1. The zero-order valence-electron chi connectivity index (χ0n) is 13.8. The van der Waals surface area contributed by atoms with E-state index in [1.54, 1.807) is 30.5 Å². The SMILES string of the molecule is Cc1oc(-c2cccc(Cl)c2)nc1CSCC(=O)Nc1cccnc1Cl. The number of halogens is 2. The van der Waals surface area contributed by atoms with Gasteiger partial charge in [-0.2, -0.15) is 0 Å². The van der Waals surface area contributed by atoms with Gasteiger partial charge in [0.25, 0.3) is 0 Å². The summed E-state index contributed by atoms with van der Waals surface area (Å²) in [5.74, 6) is 1.92. The maximum atomic E-state index is 12.0. The highest BCUT2D eigenvalue weighted by atomic mass is 35.5. The first-order chi connectivity index (χ1) is 12.5. The van der Waals surface area contributed by atoms with E-state index in [2.05, 4.69) is 15.3 Å². The molecule has 8 heteroatoms. The topological polar surface area (TPSA) is 68.0 Å². The highest BCUT2D eigenvalue weighted by molar-refractivity contribution is 7.99. The minimum Gasteiger partial charge on any atom is -0.441 e. The minimum atomic E-state index is -0.152. The highest BCUT2D eigenvalue weighted by Gasteiger charge is 2.13. The van der Waals surface area contributed by atoms with E-state index in [-0.39, 0.29) is 16.8 Å². The number of thioether (sulfide) groups is 1. The fourth-order valence-corrected chi connectivity index (χ4v) is 3.39. The Bertz CT molecular complexity index is 930. The van der Waals surface area contributed by atoms with E-state index in [1.807, 2.05) is 19.1 Å². The third-order valence-electron chi connectivity index (χ3n) is 3.47. The number of nitrogens with zero attached hydrogens (tertiary/aromatic N) is 2. The van der Waals surface area contributed by atoms with Crippen molar-refractivity contribution in [1.82, 2.24) is 9.97 Å². The predicted octanol–water partition coefficient (Wildman–Crippen LogP) is 5.22. The standard InChI is InChI=1S/C18H15Cl2N3O2S/c1-11-15(23-18(25-11)12-4-2-5-13(19)8-12)9-26-10-16(24)22-14-6-3-7-21-17(14)20/h2-8H,9-10H2,1H3,(H,22,24). The molecule has 0 aliphatic heterocycles. The summed E-state index contributed by atoms with van der Waals surface area (Å²) in [5, 5.41) is 3.63. The normalized spacial score (nSPS) is 10.7. The van der Waals surface area contributed by atoms with Crippen LogP contribution >= 0.6 is 35.0 Å². The number of aryl methyl sites for hydroxylation is 1. The number of rotatable bonds is 6. The van der Waals surface area contributed by atoms with Gasteiger partial charge in [-0.1, -0.05) is 29.3 Å². The van der Waals surface area contributed by atoms with Gasteiger partial charge in [-0.3, -0.25) is 4.79 Å². The highest BCUT2D eigenvalue weighted by Crippen LogP contribution is 2.26. The van der Waals surface area contributed by atoms with E-state index in [1.165, 1.54) is 11.8 Å². The van der Waals surface area contributed by atoms with Crippen LogP contribution in [0.1, 0.15) is 11.5 Å².